The summed E-state index contributed by atoms with van der Waals surface area (Å²) in [7, 11) is 0. The smallest absolute Gasteiger partial charge is 0.274 e. The monoisotopic (exact) mass is 393 g/mol. The van der Waals surface area contributed by atoms with Crippen LogP contribution in [-0.4, -0.2) is 16.8 Å². The first kappa shape index (κ1) is 19.6. The van der Waals surface area contributed by atoms with Crippen LogP contribution < -0.4 is 10.6 Å². The molecule has 0 atom stereocenters. The number of nitrogens with one attached hydrogen (secondary N) is 2. The molecule has 0 unspecified atom stereocenters. The summed E-state index contributed by atoms with van der Waals surface area (Å²) in [6, 6.07) is 16.1. The van der Waals surface area contributed by atoms with Gasteiger partial charge in [0, 0.05) is 29.0 Å². The number of aromatic nitrogens is 1. The van der Waals surface area contributed by atoms with Crippen LogP contribution in [-0.2, 0) is 6.54 Å². The maximum atomic E-state index is 12.6. The van der Waals surface area contributed by atoms with Gasteiger partial charge in [0.05, 0.1) is 0 Å². The number of nitrogens with zero attached hydrogens (tertiary/aromatic N) is 1. The van der Waals surface area contributed by atoms with Crippen molar-refractivity contribution in [3.05, 3.63) is 93.8 Å². The SMILES string of the molecule is Cc1cccc(C)c1NC(=O)c1cc(C(=O)NCc2ccc(Cl)cc2)ccn1. The highest BCUT2D eigenvalue weighted by molar-refractivity contribution is 6.30. The van der Waals surface area contributed by atoms with E-state index in [-0.39, 0.29) is 17.5 Å². The van der Waals surface area contributed by atoms with E-state index in [1.165, 1.54) is 12.3 Å². The molecule has 0 bridgehead atoms. The average molecular weight is 394 g/mol. The van der Waals surface area contributed by atoms with Crippen LogP contribution in [0.2, 0.25) is 5.02 Å². The molecule has 0 saturated carbocycles. The molecule has 2 amide bonds. The molecule has 3 rings (SSSR count). The number of hydrogen-bond donors (Lipinski definition) is 2. The van der Waals surface area contributed by atoms with Gasteiger partial charge in [0.1, 0.15) is 5.69 Å². The van der Waals surface area contributed by atoms with Crippen LogP contribution >= 0.6 is 11.6 Å². The summed E-state index contributed by atoms with van der Waals surface area (Å²) >= 11 is 5.86. The summed E-state index contributed by atoms with van der Waals surface area (Å²) in [6.07, 6.45) is 1.46. The number of anilines is 1. The molecular weight excluding hydrogens is 374 g/mol. The first-order valence-corrected chi connectivity index (χ1v) is 9.18. The first-order valence-electron chi connectivity index (χ1n) is 8.80. The van der Waals surface area contributed by atoms with Crippen molar-refractivity contribution in [1.82, 2.24) is 10.3 Å². The lowest BCUT2D eigenvalue weighted by atomic mass is 10.1. The van der Waals surface area contributed by atoms with Crippen molar-refractivity contribution in [2.24, 2.45) is 0 Å². The number of pyridine rings is 1. The normalized spacial score (nSPS) is 10.4. The van der Waals surface area contributed by atoms with Crippen LogP contribution in [0.1, 0.15) is 37.5 Å². The molecule has 0 spiro atoms. The van der Waals surface area contributed by atoms with E-state index in [1.54, 1.807) is 18.2 Å². The van der Waals surface area contributed by atoms with Crippen molar-refractivity contribution in [2.75, 3.05) is 5.32 Å². The molecule has 0 radical (unpaired) electrons. The number of rotatable bonds is 5. The van der Waals surface area contributed by atoms with Crippen molar-refractivity contribution in [2.45, 2.75) is 20.4 Å². The van der Waals surface area contributed by atoms with E-state index in [1.807, 2.05) is 44.2 Å². The van der Waals surface area contributed by atoms with E-state index in [0.29, 0.717) is 17.1 Å². The zero-order valence-electron chi connectivity index (χ0n) is 15.6. The molecule has 1 aromatic heterocycles. The van der Waals surface area contributed by atoms with E-state index in [9.17, 15) is 9.59 Å². The number of para-hydroxylation sites is 1. The van der Waals surface area contributed by atoms with Gasteiger partial charge in [-0.05, 0) is 54.8 Å². The van der Waals surface area contributed by atoms with Crippen LogP contribution in [0.3, 0.4) is 0 Å². The van der Waals surface area contributed by atoms with Crippen molar-refractivity contribution in [3.63, 3.8) is 0 Å². The van der Waals surface area contributed by atoms with Crippen molar-refractivity contribution >= 4 is 29.1 Å². The summed E-state index contributed by atoms with van der Waals surface area (Å²) in [4.78, 5) is 29.1. The predicted octanol–water partition coefficient (Wildman–Crippen LogP) is 4.53. The lowest BCUT2D eigenvalue weighted by Gasteiger charge is -2.11. The Labute approximate surface area is 168 Å². The molecule has 0 aliphatic carbocycles. The van der Waals surface area contributed by atoms with Gasteiger partial charge in [-0.2, -0.15) is 0 Å². The third-order valence-corrected chi connectivity index (χ3v) is 4.59. The van der Waals surface area contributed by atoms with Gasteiger partial charge in [0.25, 0.3) is 11.8 Å². The molecule has 0 aliphatic heterocycles. The van der Waals surface area contributed by atoms with Crippen LogP contribution in [0.4, 0.5) is 5.69 Å². The summed E-state index contributed by atoms with van der Waals surface area (Å²) < 4.78 is 0. The van der Waals surface area contributed by atoms with E-state index in [2.05, 4.69) is 15.6 Å². The fraction of sp³-hybridized carbons (Fsp3) is 0.136. The molecule has 142 valence electrons. The standard InChI is InChI=1S/C22H20ClN3O2/c1-14-4-3-5-15(2)20(14)26-22(28)19-12-17(10-11-24-19)21(27)25-13-16-6-8-18(23)9-7-16/h3-12H,13H2,1-2H3,(H,25,27)(H,26,28). The molecule has 5 nitrogen and oxygen atoms in total. The van der Waals surface area contributed by atoms with E-state index < -0.39 is 0 Å². The number of benzene rings is 2. The lowest BCUT2D eigenvalue weighted by Crippen LogP contribution is -2.24. The Hall–Kier alpha value is -3.18. The molecule has 0 aliphatic rings. The Morgan fingerprint density at radius 1 is 0.964 bits per heavy atom. The van der Waals surface area contributed by atoms with Gasteiger partial charge in [-0.15, -0.1) is 0 Å². The lowest BCUT2D eigenvalue weighted by molar-refractivity contribution is 0.0951. The molecule has 0 fully saturated rings. The minimum Gasteiger partial charge on any atom is -0.348 e. The first-order chi connectivity index (χ1) is 13.4. The van der Waals surface area contributed by atoms with Gasteiger partial charge < -0.3 is 10.6 Å². The predicted molar refractivity (Wildman–Crippen MR) is 111 cm³/mol. The third-order valence-electron chi connectivity index (χ3n) is 4.34. The quantitative estimate of drug-likeness (QED) is 0.668. The average Bonchev–Trinajstić information content (AvgIpc) is 2.70. The second-order valence-corrected chi connectivity index (χ2v) is 6.90. The van der Waals surface area contributed by atoms with Crippen LogP contribution in [0.25, 0.3) is 0 Å². The van der Waals surface area contributed by atoms with Gasteiger partial charge in [-0.1, -0.05) is 41.9 Å². The molecule has 2 aromatic carbocycles. The minimum atomic E-state index is -0.357. The number of carbonyl (C=O) groups is 2. The summed E-state index contributed by atoms with van der Waals surface area (Å²) in [5.74, 6) is -0.636. The maximum absolute atomic E-state index is 12.6. The second kappa shape index (κ2) is 8.67. The van der Waals surface area contributed by atoms with E-state index >= 15 is 0 Å². The largest absolute Gasteiger partial charge is 0.348 e. The van der Waals surface area contributed by atoms with Crippen LogP contribution in [0, 0.1) is 13.8 Å². The highest BCUT2D eigenvalue weighted by Crippen LogP contribution is 2.20. The minimum absolute atomic E-state index is 0.182. The second-order valence-electron chi connectivity index (χ2n) is 6.46. The number of carbonyl (C=O) groups excluding carboxylic acids is 2. The number of amides is 2. The van der Waals surface area contributed by atoms with E-state index in [0.717, 1.165) is 22.4 Å². The summed E-state index contributed by atoms with van der Waals surface area (Å²) in [6.45, 7) is 4.22. The zero-order valence-corrected chi connectivity index (χ0v) is 16.4. The number of hydrogen-bond acceptors (Lipinski definition) is 3. The molecule has 0 saturated heterocycles. The van der Waals surface area contributed by atoms with Crippen LogP contribution in [0.5, 0.6) is 0 Å². The topological polar surface area (TPSA) is 71.1 Å². The Bertz CT molecular complexity index is 996. The number of aryl methyl sites for hydroxylation is 2. The molecule has 6 heteroatoms. The zero-order chi connectivity index (χ0) is 20.1. The Balaban J connectivity index is 1.69. The van der Waals surface area contributed by atoms with Gasteiger partial charge in [0.15, 0.2) is 0 Å². The molecule has 1 heterocycles. The maximum Gasteiger partial charge on any atom is 0.274 e. The fourth-order valence-electron chi connectivity index (χ4n) is 2.77. The molecular formula is C22H20ClN3O2. The van der Waals surface area contributed by atoms with E-state index in [4.69, 9.17) is 11.6 Å². The molecule has 3 aromatic rings. The summed E-state index contributed by atoms with van der Waals surface area (Å²) in [5.41, 5.74) is 4.17. The third kappa shape index (κ3) is 4.75. The van der Waals surface area contributed by atoms with Crippen molar-refractivity contribution in [1.29, 1.82) is 0 Å². The highest BCUT2D eigenvalue weighted by atomic mass is 35.5. The summed E-state index contributed by atoms with van der Waals surface area (Å²) in [5, 5.41) is 6.35. The van der Waals surface area contributed by atoms with Gasteiger partial charge in [0.2, 0.25) is 0 Å². The highest BCUT2D eigenvalue weighted by Gasteiger charge is 2.14. The Morgan fingerprint density at radius 3 is 2.32 bits per heavy atom. The number of halogens is 1. The Morgan fingerprint density at radius 2 is 1.64 bits per heavy atom. The molecule has 2 N–H and O–H groups in total. The molecule has 28 heavy (non-hydrogen) atoms. The van der Waals surface area contributed by atoms with Crippen LogP contribution in [0.15, 0.2) is 60.8 Å². The van der Waals surface area contributed by atoms with Crippen molar-refractivity contribution in [3.8, 4) is 0 Å². The fourth-order valence-corrected chi connectivity index (χ4v) is 2.90. The van der Waals surface area contributed by atoms with Gasteiger partial charge >= 0.3 is 0 Å². The van der Waals surface area contributed by atoms with Crippen molar-refractivity contribution < 1.29 is 9.59 Å². The van der Waals surface area contributed by atoms with Gasteiger partial charge in [-0.25, -0.2) is 0 Å². The van der Waals surface area contributed by atoms with Gasteiger partial charge in [-0.3, -0.25) is 14.6 Å². The Kier molecular flexibility index (Phi) is 6.06.